The van der Waals surface area contributed by atoms with E-state index in [0.717, 1.165) is 4.90 Å². The number of ketones is 2. The first-order chi connectivity index (χ1) is 19.6. The standard InChI is InChI=1S/C32H23N3O6/c1-18(36)20-6-3-9-24(14-20)33-29(38)22-8-5-11-26(16-22)35-31(40)27-13-12-23(17-28(27)32(35)41)30(39)34-25-10-4-7-21(15-25)19(2)37/h3-17H,1-2H3,(H,33,38)(H,34,39). The highest BCUT2D eigenvalue weighted by Gasteiger charge is 2.37. The van der Waals surface area contributed by atoms with Gasteiger partial charge in [-0.05, 0) is 74.5 Å². The lowest BCUT2D eigenvalue weighted by molar-refractivity contribution is 0.0921. The summed E-state index contributed by atoms with van der Waals surface area (Å²) < 4.78 is 0. The Morgan fingerprint density at radius 2 is 1.02 bits per heavy atom. The fraction of sp³-hybridized carbons (Fsp3) is 0.0625. The molecule has 9 nitrogen and oxygen atoms in total. The van der Waals surface area contributed by atoms with Gasteiger partial charge in [0.05, 0.1) is 16.8 Å². The lowest BCUT2D eigenvalue weighted by Gasteiger charge is -2.15. The summed E-state index contributed by atoms with van der Waals surface area (Å²) in [6.45, 7) is 2.85. The fourth-order valence-corrected chi connectivity index (χ4v) is 4.44. The lowest BCUT2D eigenvalue weighted by Crippen LogP contribution is -2.29. The topological polar surface area (TPSA) is 130 Å². The van der Waals surface area contributed by atoms with E-state index in [1.165, 1.54) is 50.2 Å². The molecule has 0 saturated heterocycles. The van der Waals surface area contributed by atoms with Crippen molar-refractivity contribution in [1.82, 2.24) is 0 Å². The third kappa shape index (κ3) is 5.41. The number of hydrogen-bond acceptors (Lipinski definition) is 6. The molecule has 1 heterocycles. The Kier molecular flexibility index (Phi) is 7.09. The number of Topliss-reactive ketones (excluding diaryl/α,β-unsaturated/α-hetero) is 2. The maximum absolute atomic E-state index is 13.3. The van der Waals surface area contributed by atoms with Crippen molar-refractivity contribution < 1.29 is 28.8 Å². The van der Waals surface area contributed by atoms with Gasteiger partial charge in [0.2, 0.25) is 0 Å². The molecule has 2 N–H and O–H groups in total. The van der Waals surface area contributed by atoms with E-state index in [1.807, 2.05) is 0 Å². The molecule has 4 aromatic rings. The molecule has 1 aliphatic heterocycles. The second-order valence-corrected chi connectivity index (χ2v) is 9.44. The number of rotatable bonds is 7. The molecule has 0 unspecified atom stereocenters. The Morgan fingerprint density at radius 3 is 1.59 bits per heavy atom. The van der Waals surface area contributed by atoms with Crippen LogP contribution in [0.1, 0.15) is 76.0 Å². The number of anilines is 3. The Bertz CT molecular complexity index is 1790. The van der Waals surface area contributed by atoms with E-state index >= 15 is 0 Å². The summed E-state index contributed by atoms with van der Waals surface area (Å²) in [5.74, 6) is -2.51. The zero-order valence-electron chi connectivity index (χ0n) is 22.1. The summed E-state index contributed by atoms with van der Waals surface area (Å²) in [5.41, 5.74) is 2.43. The molecule has 41 heavy (non-hydrogen) atoms. The number of benzene rings is 4. The first kappa shape index (κ1) is 26.9. The Balaban J connectivity index is 1.36. The minimum absolute atomic E-state index is 0.0519. The van der Waals surface area contributed by atoms with Crippen LogP contribution in [0.25, 0.3) is 0 Å². The predicted octanol–water partition coefficient (Wildman–Crippen LogP) is 5.40. The highest BCUT2D eigenvalue weighted by Crippen LogP contribution is 2.30. The molecule has 0 atom stereocenters. The monoisotopic (exact) mass is 545 g/mol. The summed E-state index contributed by atoms with van der Waals surface area (Å²) in [6, 6.07) is 23.2. The van der Waals surface area contributed by atoms with Crippen LogP contribution in [0.2, 0.25) is 0 Å². The number of nitrogens with one attached hydrogen (secondary N) is 2. The van der Waals surface area contributed by atoms with Crippen LogP contribution in [0.4, 0.5) is 17.1 Å². The molecule has 4 aromatic carbocycles. The fourth-order valence-electron chi connectivity index (χ4n) is 4.44. The quantitative estimate of drug-likeness (QED) is 0.236. The maximum Gasteiger partial charge on any atom is 0.266 e. The second-order valence-electron chi connectivity index (χ2n) is 9.44. The SMILES string of the molecule is CC(=O)c1cccc(NC(=O)c2cccc(N3C(=O)c4ccc(C(=O)Nc5cccc(C(C)=O)c5)cc4C3=O)c2)c1. The van der Waals surface area contributed by atoms with Gasteiger partial charge >= 0.3 is 0 Å². The Hall–Kier alpha value is -5.70. The van der Waals surface area contributed by atoms with Crippen LogP contribution in [-0.2, 0) is 0 Å². The van der Waals surface area contributed by atoms with Gasteiger partial charge < -0.3 is 10.6 Å². The number of carbonyl (C=O) groups excluding carboxylic acids is 6. The normalized spacial score (nSPS) is 12.1. The van der Waals surface area contributed by atoms with Gasteiger partial charge in [0.15, 0.2) is 11.6 Å². The average molecular weight is 546 g/mol. The average Bonchev–Trinajstić information content (AvgIpc) is 3.22. The summed E-state index contributed by atoms with van der Waals surface area (Å²) >= 11 is 0. The van der Waals surface area contributed by atoms with Gasteiger partial charge in [0.25, 0.3) is 23.6 Å². The van der Waals surface area contributed by atoms with Crippen LogP contribution >= 0.6 is 0 Å². The van der Waals surface area contributed by atoms with Crippen molar-refractivity contribution in [2.45, 2.75) is 13.8 Å². The Labute approximate surface area is 234 Å². The van der Waals surface area contributed by atoms with E-state index in [1.54, 1.807) is 54.6 Å². The minimum atomic E-state index is -0.634. The predicted molar refractivity (Wildman–Crippen MR) is 153 cm³/mol. The molecule has 4 amide bonds. The van der Waals surface area contributed by atoms with Crippen molar-refractivity contribution in [3.63, 3.8) is 0 Å². The van der Waals surface area contributed by atoms with Crippen molar-refractivity contribution in [1.29, 1.82) is 0 Å². The summed E-state index contributed by atoms with van der Waals surface area (Å²) in [5, 5.41) is 5.42. The van der Waals surface area contributed by atoms with Gasteiger partial charge in [-0.3, -0.25) is 28.8 Å². The van der Waals surface area contributed by atoms with Crippen molar-refractivity contribution in [3.05, 3.63) is 124 Å². The van der Waals surface area contributed by atoms with E-state index < -0.39 is 23.6 Å². The number of imide groups is 1. The molecule has 0 aromatic heterocycles. The van der Waals surface area contributed by atoms with Crippen LogP contribution in [-0.4, -0.2) is 35.2 Å². The molecule has 9 heteroatoms. The van der Waals surface area contributed by atoms with E-state index in [-0.39, 0.29) is 39.5 Å². The van der Waals surface area contributed by atoms with E-state index in [4.69, 9.17) is 0 Å². The molecular formula is C32H23N3O6. The zero-order valence-corrected chi connectivity index (χ0v) is 22.1. The largest absolute Gasteiger partial charge is 0.322 e. The van der Waals surface area contributed by atoms with Gasteiger partial charge in [-0.1, -0.05) is 30.3 Å². The van der Waals surface area contributed by atoms with Crippen LogP contribution in [0.3, 0.4) is 0 Å². The first-order valence-corrected chi connectivity index (χ1v) is 12.6. The molecule has 0 radical (unpaired) electrons. The highest BCUT2D eigenvalue weighted by molar-refractivity contribution is 6.35. The third-order valence-corrected chi connectivity index (χ3v) is 6.57. The Morgan fingerprint density at radius 1 is 0.537 bits per heavy atom. The van der Waals surface area contributed by atoms with Crippen LogP contribution in [0.15, 0.2) is 91.0 Å². The van der Waals surface area contributed by atoms with E-state index in [0.29, 0.717) is 22.5 Å². The smallest absolute Gasteiger partial charge is 0.266 e. The van der Waals surface area contributed by atoms with Gasteiger partial charge in [-0.25, -0.2) is 4.90 Å². The second kappa shape index (κ2) is 10.8. The number of amides is 4. The molecule has 202 valence electrons. The lowest BCUT2D eigenvalue weighted by atomic mass is 10.0. The van der Waals surface area contributed by atoms with Gasteiger partial charge in [0, 0.05) is 33.6 Å². The van der Waals surface area contributed by atoms with Crippen LogP contribution in [0, 0.1) is 0 Å². The first-order valence-electron chi connectivity index (χ1n) is 12.6. The molecule has 0 spiro atoms. The van der Waals surface area contributed by atoms with Crippen molar-refractivity contribution in [2.24, 2.45) is 0 Å². The summed E-state index contributed by atoms with van der Waals surface area (Å²) in [4.78, 5) is 76.6. The van der Waals surface area contributed by atoms with Crippen molar-refractivity contribution >= 4 is 52.3 Å². The number of carbonyl (C=O) groups is 6. The van der Waals surface area contributed by atoms with Crippen molar-refractivity contribution in [3.8, 4) is 0 Å². The highest BCUT2D eigenvalue weighted by atomic mass is 16.2. The molecule has 0 fully saturated rings. The van der Waals surface area contributed by atoms with Gasteiger partial charge in [-0.15, -0.1) is 0 Å². The van der Waals surface area contributed by atoms with Gasteiger partial charge in [0.1, 0.15) is 0 Å². The number of hydrogen-bond donors (Lipinski definition) is 2. The molecule has 0 aliphatic carbocycles. The van der Waals surface area contributed by atoms with Crippen LogP contribution in [0.5, 0.6) is 0 Å². The molecular weight excluding hydrogens is 522 g/mol. The number of fused-ring (bicyclic) bond motifs is 1. The zero-order chi connectivity index (χ0) is 29.3. The number of nitrogens with zero attached hydrogens (tertiary/aromatic N) is 1. The third-order valence-electron chi connectivity index (χ3n) is 6.57. The van der Waals surface area contributed by atoms with E-state index in [2.05, 4.69) is 10.6 Å². The van der Waals surface area contributed by atoms with Crippen LogP contribution < -0.4 is 15.5 Å². The molecule has 0 saturated carbocycles. The summed E-state index contributed by atoms with van der Waals surface area (Å²) in [7, 11) is 0. The van der Waals surface area contributed by atoms with Crippen molar-refractivity contribution in [2.75, 3.05) is 15.5 Å². The molecule has 5 rings (SSSR count). The van der Waals surface area contributed by atoms with Gasteiger partial charge in [-0.2, -0.15) is 0 Å². The minimum Gasteiger partial charge on any atom is -0.322 e. The summed E-state index contributed by atoms with van der Waals surface area (Å²) in [6.07, 6.45) is 0. The van der Waals surface area contributed by atoms with E-state index in [9.17, 15) is 28.8 Å². The molecule has 1 aliphatic rings. The maximum atomic E-state index is 13.3. The molecule has 0 bridgehead atoms.